The number of aromatic hydroxyl groups is 2. The second kappa shape index (κ2) is 9.77. The zero-order chi connectivity index (χ0) is 24.4. The van der Waals surface area contributed by atoms with Crippen molar-refractivity contribution in [2.24, 2.45) is 5.92 Å². The monoisotopic (exact) mass is 465 g/mol. The number of nitrogens with zero attached hydrogens (tertiary/aromatic N) is 2. The van der Waals surface area contributed by atoms with Crippen molar-refractivity contribution in [1.82, 2.24) is 9.80 Å². The Morgan fingerprint density at radius 3 is 2.68 bits per heavy atom. The summed E-state index contributed by atoms with van der Waals surface area (Å²) in [6.07, 6.45) is 5.44. The summed E-state index contributed by atoms with van der Waals surface area (Å²) in [5, 5.41) is 23.6. The molecule has 0 atom stereocenters. The van der Waals surface area contributed by atoms with E-state index in [0.717, 1.165) is 24.0 Å². The van der Waals surface area contributed by atoms with E-state index in [2.05, 4.69) is 5.32 Å². The van der Waals surface area contributed by atoms with Crippen molar-refractivity contribution in [2.45, 2.75) is 32.9 Å². The molecule has 4 rings (SSSR count). The largest absolute Gasteiger partial charge is 0.507 e. The van der Waals surface area contributed by atoms with Gasteiger partial charge in [-0.25, -0.2) is 0 Å². The number of carbonyl (C=O) groups is 2. The Morgan fingerprint density at radius 2 is 1.97 bits per heavy atom. The molecule has 0 radical (unpaired) electrons. The number of likely N-dealkylation sites (N-methyl/N-ethyl adjacent to an activating group) is 1. The Hall–Kier alpha value is -3.52. The zero-order valence-corrected chi connectivity index (χ0v) is 19.8. The Balaban J connectivity index is 1.54. The molecule has 1 fully saturated rings. The Labute approximate surface area is 199 Å². The Morgan fingerprint density at radius 1 is 1.21 bits per heavy atom. The number of ether oxygens (including phenoxy) is 1. The number of fused-ring (bicyclic) bond motifs is 1. The fraction of sp³-hybridized carbons (Fsp3) is 0.385. The SMILES string of the molecule is Cc1c(O)cc(O)c(C(=O)N2Cc3cccc(NC(=O)/C=C/CN(C)C)c3C2)c1OCC1CC1. The van der Waals surface area contributed by atoms with Crippen LogP contribution in [0.5, 0.6) is 17.2 Å². The quantitative estimate of drug-likeness (QED) is 0.517. The van der Waals surface area contributed by atoms with E-state index in [1.54, 1.807) is 17.9 Å². The number of nitrogens with one attached hydrogen (secondary N) is 1. The van der Waals surface area contributed by atoms with Crippen LogP contribution in [0.1, 0.15) is 39.9 Å². The average molecular weight is 466 g/mol. The summed E-state index contributed by atoms with van der Waals surface area (Å²) in [6, 6.07) is 6.77. The molecule has 0 unspecified atom stereocenters. The predicted molar refractivity (Wildman–Crippen MR) is 129 cm³/mol. The molecule has 8 heteroatoms. The van der Waals surface area contributed by atoms with Crippen LogP contribution in [-0.2, 0) is 17.9 Å². The minimum Gasteiger partial charge on any atom is -0.507 e. The minimum absolute atomic E-state index is 0.0564. The third kappa shape index (κ3) is 5.17. The first kappa shape index (κ1) is 23.6. The van der Waals surface area contributed by atoms with E-state index in [9.17, 15) is 19.8 Å². The number of hydrogen-bond donors (Lipinski definition) is 3. The van der Waals surface area contributed by atoms with Crippen LogP contribution < -0.4 is 10.1 Å². The van der Waals surface area contributed by atoms with Crippen molar-refractivity contribution >= 4 is 17.5 Å². The van der Waals surface area contributed by atoms with Gasteiger partial charge in [-0.15, -0.1) is 0 Å². The van der Waals surface area contributed by atoms with E-state index in [0.29, 0.717) is 36.9 Å². The van der Waals surface area contributed by atoms with Crippen molar-refractivity contribution < 1.29 is 24.5 Å². The van der Waals surface area contributed by atoms with E-state index < -0.39 is 0 Å². The number of hydrogen-bond acceptors (Lipinski definition) is 6. The number of rotatable bonds is 8. The Kier molecular flexibility index (Phi) is 6.79. The number of phenolic OH excluding ortho intramolecular Hbond substituents is 2. The minimum atomic E-state index is -0.384. The molecule has 2 aromatic rings. The van der Waals surface area contributed by atoms with Gasteiger partial charge < -0.3 is 30.1 Å². The van der Waals surface area contributed by atoms with E-state index in [1.165, 1.54) is 12.1 Å². The van der Waals surface area contributed by atoms with Gasteiger partial charge >= 0.3 is 0 Å². The molecule has 2 aliphatic rings. The maximum absolute atomic E-state index is 13.5. The second-order valence-corrected chi connectivity index (χ2v) is 9.26. The lowest BCUT2D eigenvalue weighted by molar-refractivity contribution is -0.111. The summed E-state index contributed by atoms with van der Waals surface area (Å²) in [6.45, 7) is 3.40. The molecule has 34 heavy (non-hydrogen) atoms. The van der Waals surface area contributed by atoms with Gasteiger partial charge in [0, 0.05) is 48.6 Å². The molecule has 0 bridgehead atoms. The third-order valence-electron chi connectivity index (χ3n) is 6.12. The van der Waals surface area contributed by atoms with Crippen molar-refractivity contribution in [3.63, 3.8) is 0 Å². The van der Waals surface area contributed by atoms with Crippen molar-refractivity contribution in [3.8, 4) is 17.2 Å². The molecule has 1 heterocycles. The fourth-order valence-corrected chi connectivity index (χ4v) is 3.99. The van der Waals surface area contributed by atoms with Crippen molar-refractivity contribution in [1.29, 1.82) is 0 Å². The van der Waals surface area contributed by atoms with Crippen molar-refractivity contribution in [3.05, 3.63) is 58.7 Å². The maximum atomic E-state index is 13.5. The molecule has 8 nitrogen and oxygen atoms in total. The van der Waals surface area contributed by atoms with Crippen LogP contribution in [0.3, 0.4) is 0 Å². The molecule has 2 aromatic carbocycles. The summed E-state index contributed by atoms with van der Waals surface area (Å²) in [7, 11) is 3.85. The van der Waals surface area contributed by atoms with Crippen LogP contribution in [0.2, 0.25) is 0 Å². The van der Waals surface area contributed by atoms with Crippen LogP contribution in [0, 0.1) is 12.8 Å². The first-order chi connectivity index (χ1) is 16.2. The van der Waals surface area contributed by atoms with Gasteiger partial charge in [0.15, 0.2) is 0 Å². The zero-order valence-electron chi connectivity index (χ0n) is 19.8. The topological polar surface area (TPSA) is 102 Å². The highest BCUT2D eigenvalue weighted by atomic mass is 16.5. The summed E-state index contributed by atoms with van der Waals surface area (Å²) in [5.41, 5.74) is 2.93. The van der Waals surface area contributed by atoms with Gasteiger partial charge in [-0.3, -0.25) is 9.59 Å². The van der Waals surface area contributed by atoms with E-state index in [1.807, 2.05) is 37.2 Å². The third-order valence-corrected chi connectivity index (χ3v) is 6.12. The molecule has 180 valence electrons. The molecule has 1 saturated carbocycles. The standard InChI is InChI=1S/C26H31N3O5/c1-16-21(30)12-22(31)24(25(16)34-15-17-9-10-17)26(33)29-13-18-6-4-7-20(19(18)14-29)27-23(32)8-5-11-28(2)3/h4-8,12,17,30-31H,9-11,13-15H2,1-3H3,(H,27,32)/b8-5+. The lowest BCUT2D eigenvalue weighted by atomic mass is 10.1. The van der Waals surface area contributed by atoms with E-state index >= 15 is 0 Å². The van der Waals surface area contributed by atoms with Crippen LogP contribution in [-0.4, -0.2) is 59.1 Å². The molecule has 1 aliphatic heterocycles. The normalized spacial score (nSPS) is 15.1. The molecule has 1 aliphatic carbocycles. The van der Waals surface area contributed by atoms with Gasteiger partial charge in [0.25, 0.3) is 5.91 Å². The summed E-state index contributed by atoms with van der Waals surface area (Å²) < 4.78 is 5.91. The van der Waals surface area contributed by atoms with Crippen LogP contribution >= 0.6 is 0 Å². The lowest BCUT2D eigenvalue weighted by Crippen LogP contribution is -2.26. The van der Waals surface area contributed by atoms with Crippen LogP contribution in [0.25, 0.3) is 0 Å². The Bertz CT molecular complexity index is 1140. The molecule has 0 spiro atoms. The summed E-state index contributed by atoms with van der Waals surface area (Å²) in [4.78, 5) is 29.4. The number of carbonyl (C=O) groups excluding carboxylic acids is 2. The molecule has 3 N–H and O–H groups in total. The highest BCUT2D eigenvalue weighted by Gasteiger charge is 2.32. The van der Waals surface area contributed by atoms with Gasteiger partial charge in [0.1, 0.15) is 22.8 Å². The number of anilines is 1. The first-order valence-corrected chi connectivity index (χ1v) is 11.4. The van der Waals surface area contributed by atoms with Gasteiger partial charge in [-0.1, -0.05) is 18.2 Å². The molecular weight excluding hydrogens is 434 g/mol. The molecular formula is C26H31N3O5. The van der Waals surface area contributed by atoms with Crippen LogP contribution in [0.15, 0.2) is 36.4 Å². The van der Waals surface area contributed by atoms with Crippen molar-refractivity contribution in [2.75, 3.05) is 32.6 Å². The first-order valence-electron chi connectivity index (χ1n) is 11.4. The average Bonchev–Trinajstić information content (AvgIpc) is 3.50. The van der Waals surface area contributed by atoms with Gasteiger partial charge in [0.05, 0.1) is 6.61 Å². The summed E-state index contributed by atoms with van der Waals surface area (Å²) in [5.74, 6) is -0.370. The predicted octanol–water partition coefficient (Wildman–Crippen LogP) is 3.41. The highest BCUT2D eigenvalue weighted by molar-refractivity contribution is 6.02. The fourth-order valence-electron chi connectivity index (χ4n) is 3.99. The van der Waals surface area contributed by atoms with E-state index in [4.69, 9.17) is 4.74 Å². The summed E-state index contributed by atoms with van der Waals surface area (Å²) >= 11 is 0. The van der Waals surface area contributed by atoms with Crippen LogP contribution in [0.4, 0.5) is 5.69 Å². The number of phenols is 2. The lowest BCUT2D eigenvalue weighted by Gasteiger charge is -2.21. The van der Waals surface area contributed by atoms with Gasteiger partial charge in [-0.2, -0.15) is 0 Å². The smallest absolute Gasteiger partial charge is 0.262 e. The maximum Gasteiger partial charge on any atom is 0.262 e. The van der Waals surface area contributed by atoms with Gasteiger partial charge in [0.2, 0.25) is 5.91 Å². The number of amides is 2. The van der Waals surface area contributed by atoms with Gasteiger partial charge in [-0.05, 0) is 51.4 Å². The number of benzene rings is 2. The van der Waals surface area contributed by atoms with E-state index in [-0.39, 0.29) is 41.2 Å². The second-order valence-electron chi connectivity index (χ2n) is 9.26. The molecule has 2 amide bonds. The molecule has 0 aromatic heterocycles. The highest BCUT2D eigenvalue weighted by Crippen LogP contribution is 2.41. The molecule has 0 saturated heterocycles.